The molecule has 0 bridgehead atoms. The maximum atomic E-state index is 12.7. The third-order valence-corrected chi connectivity index (χ3v) is 5.05. The average molecular weight is 314 g/mol. The lowest BCUT2D eigenvalue weighted by atomic mass is 9.93. The van der Waals surface area contributed by atoms with Gasteiger partial charge < -0.3 is 14.6 Å². The standard InChI is InChI=1S/C19H26N2O2/c1-3-20-13-16(17-8-4-5-9-18(17)20)11-19(23)21-10-6-7-15(12-21)14(2)22/h4-5,8-9,13-15,22H,3,6-7,10-12H2,1-2H3/t14-,15+/m1/s1. The highest BCUT2D eigenvalue weighted by Gasteiger charge is 2.26. The van der Waals surface area contributed by atoms with E-state index in [0.717, 1.165) is 31.5 Å². The van der Waals surface area contributed by atoms with E-state index in [-0.39, 0.29) is 17.9 Å². The van der Waals surface area contributed by atoms with Crippen LogP contribution in [-0.2, 0) is 17.8 Å². The summed E-state index contributed by atoms with van der Waals surface area (Å²) in [5.74, 6) is 0.388. The Morgan fingerprint density at radius 1 is 1.39 bits per heavy atom. The average Bonchev–Trinajstić information content (AvgIpc) is 2.93. The summed E-state index contributed by atoms with van der Waals surface area (Å²) in [5, 5.41) is 11.0. The predicted octanol–water partition coefficient (Wildman–Crippen LogP) is 2.82. The zero-order valence-electron chi connectivity index (χ0n) is 14.0. The Labute approximate surface area is 137 Å². The fraction of sp³-hybridized carbons (Fsp3) is 0.526. The number of benzene rings is 1. The Bertz CT molecular complexity index is 690. The second-order valence-corrected chi connectivity index (χ2v) is 6.62. The maximum Gasteiger partial charge on any atom is 0.227 e. The molecule has 124 valence electrons. The molecule has 2 heterocycles. The zero-order chi connectivity index (χ0) is 16.4. The number of rotatable bonds is 4. The number of nitrogens with zero attached hydrogens (tertiary/aromatic N) is 2. The van der Waals surface area contributed by atoms with Crippen molar-refractivity contribution in [2.75, 3.05) is 13.1 Å². The highest BCUT2D eigenvalue weighted by atomic mass is 16.3. The molecule has 3 rings (SSSR count). The molecule has 0 spiro atoms. The number of carbonyl (C=O) groups excluding carboxylic acids is 1. The summed E-state index contributed by atoms with van der Waals surface area (Å²) in [4.78, 5) is 14.6. The number of hydrogen-bond acceptors (Lipinski definition) is 2. The molecule has 1 N–H and O–H groups in total. The molecule has 1 aromatic carbocycles. The molecule has 1 fully saturated rings. The van der Waals surface area contributed by atoms with Gasteiger partial charge in [0.1, 0.15) is 0 Å². The molecule has 1 amide bonds. The number of likely N-dealkylation sites (tertiary alicyclic amines) is 1. The van der Waals surface area contributed by atoms with Crippen LogP contribution in [-0.4, -0.2) is 39.7 Å². The Balaban J connectivity index is 1.78. The number of hydrogen-bond donors (Lipinski definition) is 1. The number of amides is 1. The monoisotopic (exact) mass is 314 g/mol. The van der Waals surface area contributed by atoms with Crippen molar-refractivity contribution in [3.8, 4) is 0 Å². The molecule has 1 aliphatic rings. The predicted molar refractivity (Wildman–Crippen MR) is 92.3 cm³/mol. The largest absolute Gasteiger partial charge is 0.393 e. The SMILES string of the molecule is CCn1cc(CC(=O)N2CCC[C@H]([C@@H](C)O)C2)c2ccccc21. The first-order chi connectivity index (χ1) is 11.1. The van der Waals surface area contributed by atoms with Gasteiger partial charge in [-0.3, -0.25) is 4.79 Å². The number of piperidine rings is 1. The number of aliphatic hydroxyl groups is 1. The van der Waals surface area contributed by atoms with Crippen molar-refractivity contribution in [3.63, 3.8) is 0 Å². The molecule has 0 unspecified atom stereocenters. The lowest BCUT2D eigenvalue weighted by Crippen LogP contribution is -2.43. The van der Waals surface area contributed by atoms with Crippen LogP contribution in [0.4, 0.5) is 0 Å². The fourth-order valence-corrected chi connectivity index (χ4v) is 3.63. The number of para-hydroxylation sites is 1. The minimum atomic E-state index is -0.340. The van der Waals surface area contributed by atoms with Crippen LogP contribution < -0.4 is 0 Å². The highest BCUT2D eigenvalue weighted by molar-refractivity contribution is 5.89. The fourth-order valence-electron chi connectivity index (χ4n) is 3.63. The van der Waals surface area contributed by atoms with Gasteiger partial charge in [0, 0.05) is 42.7 Å². The molecular formula is C19H26N2O2. The van der Waals surface area contributed by atoms with Crippen molar-refractivity contribution in [3.05, 3.63) is 36.0 Å². The molecule has 1 aromatic heterocycles. The molecule has 1 saturated heterocycles. The summed E-state index contributed by atoms with van der Waals surface area (Å²) in [6.07, 6.45) is 4.21. The van der Waals surface area contributed by atoms with Crippen molar-refractivity contribution < 1.29 is 9.90 Å². The smallest absolute Gasteiger partial charge is 0.227 e. The van der Waals surface area contributed by atoms with Crippen LogP contribution in [0.15, 0.2) is 30.5 Å². The summed E-state index contributed by atoms with van der Waals surface area (Å²) < 4.78 is 2.20. The van der Waals surface area contributed by atoms with Crippen molar-refractivity contribution in [2.45, 2.75) is 45.8 Å². The molecule has 23 heavy (non-hydrogen) atoms. The summed E-state index contributed by atoms with van der Waals surface area (Å²) in [6, 6.07) is 8.27. The molecule has 0 radical (unpaired) electrons. The van der Waals surface area contributed by atoms with Crippen LogP contribution in [0, 0.1) is 5.92 Å². The van der Waals surface area contributed by atoms with Gasteiger partial charge in [-0.2, -0.15) is 0 Å². The number of aliphatic hydroxyl groups excluding tert-OH is 1. The van der Waals surface area contributed by atoms with E-state index in [2.05, 4.69) is 29.8 Å². The van der Waals surface area contributed by atoms with Crippen LogP contribution in [0.5, 0.6) is 0 Å². The van der Waals surface area contributed by atoms with Crippen LogP contribution in [0.3, 0.4) is 0 Å². The van der Waals surface area contributed by atoms with Gasteiger partial charge >= 0.3 is 0 Å². The van der Waals surface area contributed by atoms with E-state index < -0.39 is 0 Å². The van der Waals surface area contributed by atoms with Crippen molar-refractivity contribution in [1.29, 1.82) is 0 Å². The summed E-state index contributed by atoms with van der Waals surface area (Å²) >= 11 is 0. The molecule has 0 saturated carbocycles. The third kappa shape index (κ3) is 3.27. The first-order valence-electron chi connectivity index (χ1n) is 8.62. The molecule has 2 atom stereocenters. The molecular weight excluding hydrogens is 288 g/mol. The van der Waals surface area contributed by atoms with Gasteiger partial charge in [0.05, 0.1) is 12.5 Å². The Kier molecular flexibility index (Phi) is 4.71. The lowest BCUT2D eigenvalue weighted by molar-refractivity contribution is -0.133. The van der Waals surface area contributed by atoms with E-state index >= 15 is 0 Å². The van der Waals surface area contributed by atoms with E-state index in [9.17, 15) is 9.90 Å². The van der Waals surface area contributed by atoms with E-state index in [4.69, 9.17) is 0 Å². The van der Waals surface area contributed by atoms with Crippen molar-refractivity contribution in [1.82, 2.24) is 9.47 Å². The molecule has 1 aliphatic heterocycles. The van der Waals surface area contributed by atoms with Gasteiger partial charge in [0.15, 0.2) is 0 Å². The topological polar surface area (TPSA) is 45.5 Å². The quantitative estimate of drug-likeness (QED) is 0.943. The molecule has 4 nitrogen and oxygen atoms in total. The van der Waals surface area contributed by atoms with Crippen LogP contribution in [0.25, 0.3) is 10.9 Å². The van der Waals surface area contributed by atoms with Crippen molar-refractivity contribution in [2.24, 2.45) is 5.92 Å². The van der Waals surface area contributed by atoms with E-state index in [1.165, 1.54) is 10.9 Å². The van der Waals surface area contributed by atoms with Gasteiger partial charge in [-0.1, -0.05) is 18.2 Å². The van der Waals surface area contributed by atoms with Crippen molar-refractivity contribution >= 4 is 16.8 Å². The second kappa shape index (κ2) is 6.75. The van der Waals surface area contributed by atoms with Crippen LogP contribution in [0.2, 0.25) is 0 Å². The van der Waals surface area contributed by atoms with Gasteiger partial charge in [-0.15, -0.1) is 0 Å². The Hall–Kier alpha value is -1.81. The van der Waals surface area contributed by atoms with Gasteiger partial charge in [0.25, 0.3) is 0 Å². The number of fused-ring (bicyclic) bond motifs is 1. The van der Waals surface area contributed by atoms with E-state index in [0.29, 0.717) is 13.0 Å². The number of aromatic nitrogens is 1. The number of carbonyl (C=O) groups is 1. The summed E-state index contributed by atoms with van der Waals surface area (Å²) in [5.41, 5.74) is 2.30. The molecule has 4 heteroatoms. The lowest BCUT2D eigenvalue weighted by Gasteiger charge is -2.34. The maximum absolute atomic E-state index is 12.7. The van der Waals surface area contributed by atoms with Gasteiger partial charge in [-0.05, 0) is 38.3 Å². The summed E-state index contributed by atoms with van der Waals surface area (Å²) in [6.45, 7) is 6.35. The Morgan fingerprint density at radius 3 is 2.91 bits per heavy atom. The highest BCUT2D eigenvalue weighted by Crippen LogP contribution is 2.24. The third-order valence-electron chi connectivity index (χ3n) is 5.05. The van der Waals surface area contributed by atoms with Gasteiger partial charge in [0.2, 0.25) is 5.91 Å². The first kappa shape index (κ1) is 16.1. The molecule has 2 aromatic rings. The minimum Gasteiger partial charge on any atom is -0.393 e. The zero-order valence-corrected chi connectivity index (χ0v) is 14.0. The summed E-state index contributed by atoms with van der Waals surface area (Å²) in [7, 11) is 0. The van der Waals surface area contributed by atoms with Crippen LogP contribution >= 0.6 is 0 Å². The van der Waals surface area contributed by atoms with E-state index in [1.807, 2.05) is 24.0 Å². The van der Waals surface area contributed by atoms with Crippen LogP contribution in [0.1, 0.15) is 32.3 Å². The van der Waals surface area contributed by atoms with E-state index in [1.54, 1.807) is 0 Å². The number of aryl methyl sites for hydroxylation is 1. The normalized spacial score (nSPS) is 20.0. The molecule has 0 aliphatic carbocycles. The first-order valence-corrected chi connectivity index (χ1v) is 8.62. The Morgan fingerprint density at radius 2 is 2.17 bits per heavy atom. The second-order valence-electron chi connectivity index (χ2n) is 6.62. The van der Waals surface area contributed by atoms with Gasteiger partial charge in [-0.25, -0.2) is 0 Å². The minimum absolute atomic E-state index is 0.175.